The molecule has 5 rings (SSSR count). The van der Waals surface area contributed by atoms with Gasteiger partial charge in [-0.05, 0) is 80.2 Å². The summed E-state index contributed by atoms with van der Waals surface area (Å²) in [5, 5.41) is 10.2. The van der Waals surface area contributed by atoms with Gasteiger partial charge in [0.25, 0.3) is 0 Å². The Morgan fingerprint density at radius 2 is 1.70 bits per heavy atom. The van der Waals surface area contributed by atoms with Gasteiger partial charge in [-0.25, -0.2) is 4.79 Å². The number of carbonyl (C=O) groups is 2. The molecule has 4 aliphatic rings. The number of fused-ring (bicyclic) bond motifs is 5. The molecule has 4 aliphatic carbocycles. The summed E-state index contributed by atoms with van der Waals surface area (Å²) in [5.74, 6) is 1.56. The smallest absolute Gasteiger partial charge is 0.338 e. The van der Waals surface area contributed by atoms with Gasteiger partial charge in [-0.1, -0.05) is 32.0 Å². The highest BCUT2D eigenvalue weighted by atomic mass is 16.5. The first-order valence-corrected chi connectivity index (χ1v) is 11.8. The van der Waals surface area contributed by atoms with E-state index in [0.717, 1.165) is 38.5 Å². The molecule has 0 unspecified atom stereocenters. The van der Waals surface area contributed by atoms with Crippen molar-refractivity contribution in [1.29, 1.82) is 0 Å². The molecule has 4 heteroatoms. The van der Waals surface area contributed by atoms with Crippen LogP contribution in [0.15, 0.2) is 30.3 Å². The van der Waals surface area contributed by atoms with Gasteiger partial charge in [0, 0.05) is 17.8 Å². The minimum Gasteiger partial charge on any atom is -0.458 e. The molecule has 1 aromatic carbocycles. The third-order valence-corrected chi connectivity index (χ3v) is 9.60. The molecule has 0 radical (unpaired) electrons. The average molecular weight is 411 g/mol. The number of ketones is 1. The number of aliphatic hydroxyl groups excluding tert-OH is 1. The quantitative estimate of drug-likeness (QED) is 0.712. The highest BCUT2D eigenvalue weighted by molar-refractivity contribution is 5.89. The van der Waals surface area contributed by atoms with Gasteiger partial charge in [0.15, 0.2) is 0 Å². The van der Waals surface area contributed by atoms with Gasteiger partial charge >= 0.3 is 5.97 Å². The second-order valence-corrected chi connectivity index (χ2v) is 10.9. The molecule has 1 N–H and O–H groups in total. The third-order valence-electron chi connectivity index (χ3n) is 9.60. The van der Waals surface area contributed by atoms with Gasteiger partial charge in [0.1, 0.15) is 11.9 Å². The van der Waals surface area contributed by atoms with E-state index in [4.69, 9.17) is 4.74 Å². The molecule has 0 aliphatic heterocycles. The van der Waals surface area contributed by atoms with E-state index in [1.807, 2.05) is 30.3 Å². The van der Waals surface area contributed by atoms with Crippen LogP contribution in [0.1, 0.15) is 75.6 Å². The predicted octanol–water partition coefficient (Wildman–Crippen LogP) is 4.79. The number of ether oxygens (including phenoxy) is 1. The normalized spacial score (nSPS) is 45.2. The summed E-state index contributed by atoms with van der Waals surface area (Å²) >= 11 is 0. The lowest BCUT2D eigenvalue weighted by molar-refractivity contribution is -0.161. The van der Waals surface area contributed by atoms with Gasteiger partial charge in [-0.15, -0.1) is 0 Å². The first kappa shape index (κ1) is 20.2. The van der Waals surface area contributed by atoms with E-state index in [9.17, 15) is 14.7 Å². The molecule has 162 valence electrons. The van der Waals surface area contributed by atoms with E-state index in [1.54, 1.807) is 0 Å². The molecule has 8 atom stereocenters. The topological polar surface area (TPSA) is 63.6 Å². The molecule has 1 aromatic rings. The summed E-state index contributed by atoms with van der Waals surface area (Å²) in [6.07, 6.45) is 6.81. The number of esters is 1. The Morgan fingerprint density at radius 1 is 1.00 bits per heavy atom. The first-order valence-electron chi connectivity index (χ1n) is 11.8. The number of benzene rings is 1. The number of hydrogen-bond donors (Lipinski definition) is 1. The molecule has 0 spiro atoms. The van der Waals surface area contributed by atoms with Crippen LogP contribution < -0.4 is 0 Å². The van der Waals surface area contributed by atoms with Gasteiger partial charge in [-0.3, -0.25) is 4.79 Å². The predicted molar refractivity (Wildman–Crippen MR) is 114 cm³/mol. The van der Waals surface area contributed by atoms with Gasteiger partial charge in [0.05, 0.1) is 11.7 Å². The number of hydrogen-bond acceptors (Lipinski definition) is 4. The van der Waals surface area contributed by atoms with Crippen LogP contribution in [0.3, 0.4) is 0 Å². The lowest BCUT2D eigenvalue weighted by Gasteiger charge is -2.59. The SMILES string of the molecule is C[C@]12CC[C@H](O)C[C@@H]1C(=O)C[C@@H]1[C@@H]2CC[C@]2(C)[C@@H](OC(=O)c3ccccc3)CC[C@@H]12. The number of aliphatic hydroxyl groups is 1. The van der Waals surface area contributed by atoms with Crippen LogP contribution in [0.2, 0.25) is 0 Å². The van der Waals surface area contributed by atoms with E-state index < -0.39 is 0 Å². The van der Waals surface area contributed by atoms with Crippen LogP contribution in [0.5, 0.6) is 0 Å². The van der Waals surface area contributed by atoms with Gasteiger partial charge < -0.3 is 9.84 Å². The first-order chi connectivity index (χ1) is 14.3. The Morgan fingerprint density at radius 3 is 2.47 bits per heavy atom. The van der Waals surface area contributed by atoms with Crippen molar-refractivity contribution in [2.24, 2.45) is 34.5 Å². The number of carbonyl (C=O) groups excluding carboxylic acids is 2. The van der Waals surface area contributed by atoms with Crippen molar-refractivity contribution in [2.75, 3.05) is 0 Å². The highest BCUT2D eigenvalue weighted by Crippen LogP contribution is 2.65. The summed E-state index contributed by atoms with van der Waals surface area (Å²) in [6.45, 7) is 4.62. The lowest BCUT2D eigenvalue weighted by atomic mass is 9.45. The molecule has 4 nitrogen and oxygen atoms in total. The minimum atomic E-state index is -0.314. The fraction of sp³-hybridized carbons (Fsp3) is 0.692. The van der Waals surface area contributed by atoms with Crippen molar-refractivity contribution in [1.82, 2.24) is 0 Å². The van der Waals surface area contributed by atoms with Crippen LogP contribution >= 0.6 is 0 Å². The Hall–Kier alpha value is -1.68. The van der Waals surface area contributed by atoms with Crippen LogP contribution in [0, 0.1) is 34.5 Å². The maximum atomic E-state index is 13.2. The van der Waals surface area contributed by atoms with Crippen LogP contribution in [-0.2, 0) is 9.53 Å². The molecule has 30 heavy (non-hydrogen) atoms. The van der Waals surface area contributed by atoms with Crippen molar-refractivity contribution in [3.05, 3.63) is 35.9 Å². The standard InChI is InChI=1S/C26H34O4/c1-25-12-10-17(27)14-21(25)22(28)15-18-19-8-9-23(26(19,2)13-11-20(18)25)30-24(29)16-6-4-3-5-7-16/h3-7,17-21,23,27H,8-15H2,1-2H3/t17-,18-,19-,20-,21+,23-,25+,26-/m0/s1. The van der Waals surface area contributed by atoms with Gasteiger partial charge in [-0.2, -0.15) is 0 Å². The van der Waals surface area contributed by atoms with E-state index in [1.165, 1.54) is 0 Å². The number of Topliss-reactive ketones (excluding diaryl/α,β-unsaturated/α-hetero) is 1. The van der Waals surface area contributed by atoms with E-state index in [-0.39, 0.29) is 34.9 Å². The third kappa shape index (κ3) is 2.97. The second-order valence-electron chi connectivity index (χ2n) is 10.9. The lowest BCUT2D eigenvalue weighted by Crippen LogP contribution is -2.57. The van der Waals surface area contributed by atoms with Crippen LogP contribution in [0.25, 0.3) is 0 Å². The summed E-state index contributed by atoms with van der Waals surface area (Å²) in [7, 11) is 0. The monoisotopic (exact) mass is 410 g/mol. The zero-order valence-electron chi connectivity index (χ0n) is 18.2. The molecule has 0 amide bonds. The average Bonchev–Trinajstić information content (AvgIpc) is 3.06. The molecule has 0 heterocycles. The fourth-order valence-corrected chi connectivity index (χ4v) is 7.94. The van der Waals surface area contributed by atoms with E-state index in [0.29, 0.717) is 41.9 Å². The molecular formula is C26H34O4. The Bertz CT molecular complexity index is 835. The summed E-state index contributed by atoms with van der Waals surface area (Å²) < 4.78 is 6.07. The molecule has 0 aromatic heterocycles. The number of rotatable bonds is 2. The van der Waals surface area contributed by atoms with Gasteiger partial charge in [0.2, 0.25) is 0 Å². The van der Waals surface area contributed by atoms with Crippen LogP contribution in [-0.4, -0.2) is 29.1 Å². The van der Waals surface area contributed by atoms with Crippen molar-refractivity contribution in [3.63, 3.8) is 0 Å². The Labute approximate surface area is 179 Å². The zero-order chi connectivity index (χ0) is 21.1. The second kappa shape index (κ2) is 7.19. The summed E-state index contributed by atoms with van der Waals surface area (Å²) in [4.78, 5) is 25.9. The van der Waals surface area contributed by atoms with E-state index >= 15 is 0 Å². The maximum Gasteiger partial charge on any atom is 0.338 e. The summed E-state index contributed by atoms with van der Waals surface area (Å²) in [5.41, 5.74) is 0.602. The molecular weight excluding hydrogens is 376 g/mol. The fourth-order valence-electron chi connectivity index (χ4n) is 7.94. The largest absolute Gasteiger partial charge is 0.458 e. The van der Waals surface area contributed by atoms with Crippen LogP contribution in [0.4, 0.5) is 0 Å². The Kier molecular flexibility index (Phi) is 4.85. The zero-order valence-corrected chi connectivity index (χ0v) is 18.2. The molecule has 0 saturated heterocycles. The highest BCUT2D eigenvalue weighted by Gasteiger charge is 2.62. The van der Waals surface area contributed by atoms with Crippen molar-refractivity contribution in [2.45, 2.75) is 77.4 Å². The summed E-state index contributed by atoms with van der Waals surface area (Å²) in [6, 6.07) is 9.27. The molecule has 4 fully saturated rings. The molecule has 4 saturated carbocycles. The minimum absolute atomic E-state index is 0.0271. The maximum absolute atomic E-state index is 13.2. The van der Waals surface area contributed by atoms with Crippen molar-refractivity contribution < 1.29 is 19.4 Å². The Balaban J connectivity index is 1.37. The van der Waals surface area contributed by atoms with Crippen molar-refractivity contribution in [3.8, 4) is 0 Å². The van der Waals surface area contributed by atoms with E-state index in [2.05, 4.69) is 13.8 Å². The molecule has 0 bridgehead atoms. The van der Waals surface area contributed by atoms with Crippen molar-refractivity contribution >= 4 is 11.8 Å².